The van der Waals surface area contributed by atoms with Crippen molar-refractivity contribution in [2.75, 3.05) is 62.7 Å². The molecule has 11 rings (SSSR count). The summed E-state index contributed by atoms with van der Waals surface area (Å²) < 4.78 is 11.9. The quantitative estimate of drug-likeness (QED) is 0.146. The molecule has 68 heavy (non-hydrogen) atoms. The van der Waals surface area contributed by atoms with Crippen molar-refractivity contribution >= 4 is 45.3 Å². The molecule has 1 unspecified atom stereocenters. The Morgan fingerprint density at radius 3 is 2.07 bits per heavy atom. The highest BCUT2D eigenvalue weighted by Crippen LogP contribution is 2.38. The lowest BCUT2D eigenvalue weighted by Crippen LogP contribution is -2.64. The summed E-state index contributed by atoms with van der Waals surface area (Å²) >= 11 is 0. The molecule has 352 valence electrons. The van der Waals surface area contributed by atoms with Gasteiger partial charge in [-0.15, -0.1) is 0 Å². The first-order valence-corrected chi connectivity index (χ1v) is 24.0. The summed E-state index contributed by atoms with van der Waals surface area (Å²) in [6, 6.07) is 12.6. The number of aryl methyl sites for hydroxylation is 2. The molecule has 1 aliphatic carbocycles. The second kappa shape index (κ2) is 18.3. The van der Waals surface area contributed by atoms with Gasteiger partial charge < -0.3 is 39.9 Å². The molecule has 10 heterocycles. The SMILES string of the molecule is CC[C@H]1CN(c2ccc(C(=O)NCC3CCc4c(c(=O)[nH]c5cc(CN6CCN(c7ccc(C(=O)NC)nc7)[C@H]7CC[C@H]76)cnc45)O3)nc2)CCN1Cc1cnc2c3c(c(=O)[nH]c2c1)OCCC3. The normalized spacial score (nSPS) is 21.5. The second-order valence-corrected chi connectivity index (χ2v) is 18.7. The number of nitrogens with zero attached hydrogens (tertiary/aromatic N) is 8. The number of piperazine rings is 2. The predicted octanol–water partition coefficient (Wildman–Crippen LogP) is 3.71. The van der Waals surface area contributed by atoms with Gasteiger partial charge in [-0.1, -0.05) is 6.92 Å². The third kappa shape index (κ3) is 8.29. The Morgan fingerprint density at radius 1 is 0.735 bits per heavy atom. The van der Waals surface area contributed by atoms with Crippen LogP contribution in [0.5, 0.6) is 11.5 Å². The maximum Gasteiger partial charge on any atom is 0.291 e. The first-order chi connectivity index (χ1) is 33.2. The van der Waals surface area contributed by atoms with Crippen molar-refractivity contribution in [2.45, 2.75) is 89.2 Å². The van der Waals surface area contributed by atoms with Crippen LogP contribution in [0.1, 0.15) is 82.3 Å². The number of carbonyl (C=O) groups excluding carboxylic acids is 2. The summed E-state index contributed by atoms with van der Waals surface area (Å²) in [5.74, 6) is 0.178. The molecular formula is C50H56N12O6. The fraction of sp³-hybridized carbons (Fsp3) is 0.440. The number of hydrogen-bond acceptors (Lipinski definition) is 14. The van der Waals surface area contributed by atoms with Gasteiger partial charge in [0.25, 0.3) is 22.9 Å². The molecule has 2 amide bonds. The van der Waals surface area contributed by atoms with E-state index < -0.39 is 0 Å². The molecule has 5 aliphatic rings. The van der Waals surface area contributed by atoms with Crippen LogP contribution in [-0.2, 0) is 25.9 Å². The molecule has 0 spiro atoms. The van der Waals surface area contributed by atoms with Gasteiger partial charge in [0.2, 0.25) is 0 Å². The van der Waals surface area contributed by atoms with Crippen molar-refractivity contribution in [3.8, 4) is 11.5 Å². The van der Waals surface area contributed by atoms with Gasteiger partial charge in [0.1, 0.15) is 17.5 Å². The van der Waals surface area contributed by atoms with Crippen LogP contribution in [0, 0.1) is 0 Å². The largest absolute Gasteiger partial charge is 0.488 e. The number of hydrogen-bond donors (Lipinski definition) is 4. The number of anilines is 2. The van der Waals surface area contributed by atoms with Gasteiger partial charge >= 0.3 is 0 Å². The molecule has 18 nitrogen and oxygen atoms in total. The Labute approximate surface area is 392 Å². The molecule has 0 aromatic carbocycles. The van der Waals surface area contributed by atoms with Crippen LogP contribution in [0.3, 0.4) is 0 Å². The van der Waals surface area contributed by atoms with E-state index in [1.54, 1.807) is 31.6 Å². The number of fused-ring (bicyclic) bond motifs is 7. The van der Waals surface area contributed by atoms with E-state index in [0.717, 1.165) is 128 Å². The van der Waals surface area contributed by atoms with E-state index >= 15 is 0 Å². The highest BCUT2D eigenvalue weighted by atomic mass is 16.5. The van der Waals surface area contributed by atoms with Crippen LogP contribution in [0.4, 0.5) is 11.4 Å². The molecular weight excluding hydrogens is 865 g/mol. The average Bonchev–Trinajstić information content (AvgIpc) is 3.36. The van der Waals surface area contributed by atoms with Gasteiger partial charge in [0.05, 0.1) is 59.0 Å². The van der Waals surface area contributed by atoms with Gasteiger partial charge in [-0.05, 0) is 92.5 Å². The number of aromatic amines is 2. The minimum Gasteiger partial charge on any atom is -0.488 e. The van der Waals surface area contributed by atoms with E-state index in [1.807, 2.05) is 36.7 Å². The second-order valence-electron chi connectivity index (χ2n) is 18.7. The Hall–Kier alpha value is -6.92. The molecule has 2 saturated heterocycles. The average molecular weight is 921 g/mol. The number of H-pyrrole nitrogens is 2. The summed E-state index contributed by atoms with van der Waals surface area (Å²) in [4.78, 5) is 85.7. The third-order valence-electron chi connectivity index (χ3n) is 14.7. The van der Waals surface area contributed by atoms with Gasteiger partial charge in [-0.2, -0.15) is 0 Å². The molecule has 1 saturated carbocycles. The highest BCUT2D eigenvalue weighted by Gasteiger charge is 2.43. The minimum absolute atomic E-state index is 0.193. The molecule has 6 aromatic rings. The third-order valence-corrected chi connectivity index (χ3v) is 14.7. The fourth-order valence-corrected chi connectivity index (χ4v) is 10.9. The van der Waals surface area contributed by atoms with Crippen molar-refractivity contribution in [3.63, 3.8) is 0 Å². The summed E-state index contributed by atoms with van der Waals surface area (Å²) in [6.07, 6.45) is 13.1. The van der Waals surface area contributed by atoms with Crippen molar-refractivity contribution in [1.29, 1.82) is 0 Å². The van der Waals surface area contributed by atoms with Crippen molar-refractivity contribution in [1.82, 2.24) is 50.3 Å². The van der Waals surface area contributed by atoms with Crippen LogP contribution >= 0.6 is 0 Å². The zero-order chi connectivity index (χ0) is 46.5. The summed E-state index contributed by atoms with van der Waals surface area (Å²) in [5.41, 5.74) is 9.00. The number of nitrogens with one attached hydrogen (secondary N) is 4. The Balaban J connectivity index is 0.672. The molecule has 3 fully saturated rings. The van der Waals surface area contributed by atoms with E-state index in [1.165, 1.54) is 0 Å². The van der Waals surface area contributed by atoms with Crippen LogP contribution in [-0.4, -0.2) is 129 Å². The van der Waals surface area contributed by atoms with Crippen LogP contribution in [0.15, 0.2) is 70.8 Å². The minimum atomic E-state index is -0.378. The fourth-order valence-electron chi connectivity index (χ4n) is 10.9. The molecule has 6 aromatic heterocycles. The number of carbonyl (C=O) groups is 2. The highest BCUT2D eigenvalue weighted by molar-refractivity contribution is 5.93. The topological polar surface area (TPSA) is 207 Å². The first kappa shape index (κ1) is 43.6. The van der Waals surface area contributed by atoms with Gasteiger partial charge in [-0.3, -0.25) is 38.9 Å². The smallest absolute Gasteiger partial charge is 0.291 e. The lowest BCUT2D eigenvalue weighted by atomic mass is 9.81. The van der Waals surface area contributed by atoms with E-state index in [-0.39, 0.29) is 41.3 Å². The molecule has 4 aliphatic heterocycles. The molecule has 0 bridgehead atoms. The summed E-state index contributed by atoms with van der Waals surface area (Å²) in [5, 5.41) is 5.60. The maximum atomic E-state index is 13.5. The zero-order valence-electron chi connectivity index (χ0n) is 38.4. The number of aromatic nitrogens is 6. The lowest BCUT2D eigenvalue weighted by molar-refractivity contribution is 0.0658. The first-order valence-electron chi connectivity index (χ1n) is 24.0. The monoisotopic (exact) mass is 920 g/mol. The van der Waals surface area contributed by atoms with E-state index in [9.17, 15) is 19.2 Å². The van der Waals surface area contributed by atoms with Crippen LogP contribution in [0.25, 0.3) is 22.1 Å². The number of amides is 2. The molecule has 4 atom stereocenters. The number of ether oxygens (including phenoxy) is 2. The standard InChI is InChI=1S/C50H56N12O6/c1-3-31-28-60(15-14-59(31)26-29-19-39-43(54-21-29)35-5-4-18-67-45(35)49(65)57-39)32-6-10-38(52-23-32)48(64)56-25-34-8-9-36-44-40(58-50(66)46(36)68-34)20-30(22-55-44)27-61-16-17-62(42-13-12-41(42)61)33-7-11-37(53-24-33)47(63)51-2/h6-7,10-11,19-24,31,34,41-42H,3-5,8-9,12-18,25-28H2,1-2H3,(H,51,63)(H,56,64)(H,57,65)(H,58,66)/t31-,34?,41+,42-/m0/s1. The van der Waals surface area contributed by atoms with Gasteiger partial charge in [0.15, 0.2) is 11.5 Å². The van der Waals surface area contributed by atoms with Crippen LogP contribution < -0.4 is 41.0 Å². The van der Waals surface area contributed by atoms with E-state index in [2.05, 4.69) is 57.1 Å². The zero-order valence-corrected chi connectivity index (χ0v) is 38.4. The van der Waals surface area contributed by atoms with Crippen molar-refractivity contribution < 1.29 is 19.1 Å². The molecule has 0 radical (unpaired) electrons. The van der Waals surface area contributed by atoms with Gasteiger partial charge in [0, 0.05) is 94.5 Å². The predicted molar refractivity (Wildman–Crippen MR) is 257 cm³/mol. The van der Waals surface area contributed by atoms with E-state index in [0.29, 0.717) is 60.2 Å². The van der Waals surface area contributed by atoms with Crippen LogP contribution in [0.2, 0.25) is 0 Å². The van der Waals surface area contributed by atoms with Gasteiger partial charge in [-0.25, -0.2) is 9.97 Å². The Bertz CT molecular complexity index is 3010. The molecule has 4 N–H and O–H groups in total. The number of rotatable bonds is 11. The molecule has 18 heteroatoms. The number of pyridine rings is 6. The summed E-state index contributed by atoms with van der Waals surface area (Å²) in [6.45, 7) is 8.62. The van der Waals surface area contributed by atoms with Crippen molar-refractivity contribution in [2.24, 2.45) is 0 Å². The van der Waals surface area contributed by atoms with E-state index in [4.69, 9.17) is 19.4 Å². The maximum absolute atomic E-state index is 13.5. The Kier molecular flexibility index (Phi) is 11.7. The lowest BCUT2D eigenvalue weighted by Gasteiger charge is -2.54. The Morgan fingerprint density at radius 2 is 1.40 bits per heavy atom. The van der Waals surface area contributed by atoms with Crippen molar-refractivity contribution in [3.05, 3.63) is 116 Å². The summed E-state index contributed by atoms with van der Waals surface area (Å²) in [7, 11) is 1.60.